The van der Waals surface area contributed by atoms with E-state index >= 15 is 0 Å². The summed E-state index contributed by atoms with van der Waals surface area (Å²) in [6.07, 6.45) is 0.614. The first-order chi connectivity index (χ1) is 9.19. The molecule has 19 heavy (non-hydrogen) atoms. The fraction of sp³-hybridized carbons (Fsp3) is 0.462. The van der Waals surface area contributed by atoms with Crippen LogP contribution in [0.4, 0.5) is 0 Å². The van der Waals surface area contributed by atoms with Gasteiger partial charge in [-0.1, -0.05) is 6.07 Å². The minimum absolute atomic E-state index is 0.212. The van der Waals surface area contributed by atoms with Crippen LogP contribution >= 0.6 is 0 Å². The second-order valence-electron chi connectivity index (χ2n) is 4.59. The molecule has 1 aliphatic heterocycles. The van der Waals surface area contributed by atoms with Gasteiger partial charge in [-0.3, -0.25) is 15.1 Å². The molecule has 0 saturated carbocycles. The van der Waals surface area contributed by atoms with Crippen LogP contribution in [0.3, 0.4) is 0 Å². The third kappa shape index (κ3) is 3.92. The number of benzene rings is 1. The van der Waals surface area contributed by atoms with Gasteiger partial charge in [0.15, 0.2) is 0 Å². The summed E-state index contributed by atoms with van der Waals surface area (Å²) in [7, 11) is 0. The average Bonchev–Trinajstić information content (AvgIpc) is 2.84. The summed E-state index contributed by atoms with van der Waals surface area (Å²) in [6, 6.07) is 6.87. The average molecular weight is 265 g/mol. The van der Waals surface area contributed by atoms with Crippen molar-refractivity contribution in [2.24, 2.45) is 5.84 Å². The molecule has 1 aromatic carbocycles. The number of nitrogens with zero attached hydrogens (tertiary/aromatic N) is 1. The van der Waals surface area contributed by atoms with E-state index in [1.165, 1.54) is 0 Å². The van der Waals surface area contributed by atoms with Gasteiger partial charge in [-0.15, -0.1) is 0 Å². The topological polar surface area (TPSA) is 87.8 Å². The smallest absolute Gasteiger partial charge is 0.265 e. The Kier molecular flexibility index (Phi) is 4.73. The van der Waals surface area contributed by atoms with Crippen molar-refractivity contribution in [3.8, 4) is 5.75 Å². The van der Waals surface area contributed by atoms with Crippen LogP contribution in [-0.2, 0) is 0 Å². The number of nitrogens with two attached hydrogens (primary N) is 1. The molecule has 6 heteroatoms. The van der Waals surface area contributed by atoms with Crippen LogP contribution in [0, 0.1) is 0 Å². The molecule has 1 amide bonds. The van der Waals surface area contributed by atoms with E-state index in [4.69, 9.17) is 10.6 Å². The number of nitrogen functional groups attached to an aromatic ring is 1. The molecule has 1 heterocycles. The highest BCUT2D eigenvalue weighted by Gasteiger charge is 2.19. The maximum atomic E-state index is 11.4. The molecular weight excluding hydrogens is 246 g/mol. The Bertz CT molecular complexity index is 439. The van der Waals surface area contributed by atoms with Crippen molar-refractivity contribution in [3.63, 3.8) is 0 Å². The first-order valence-electron chi connectivity index (χ1n) is 6.33. The molecule has 4 N–H and O–H groups in total. The van der Waals surface area contributed by atoms with E-state index in [9.17, 15) is 9.90 Å². The zero-order valence-electron chi connectivity index (χ0n) is 10.7. The van der Waals surface area contributed by atoms with Gasteiger partial charge < -0.3 is 9.84 Å². The predicted octanol–water partition coefficient (Wildman–Crippen LogP) is -0.265. The standard InChI is InChI=1S/C13H19N3O3/c14-15-13(18)10-2-1-3-12(8-10)19-7-6-16-5-4-11(17)9-16/h1-3,8,11,17H,4-7,9,14H2,(H,15,18). The van der Waals surface area contributed by atoms with Gasteiger partial charge in [0, 0.05) is 25.2 Å². The highest BCUT2D eigenvalue weighted by Crippen LogP contribution is 2.14. The Labute approximate surface area is 112 Å². The molecule has 0 bridgehead atoms. The maximum absolute atomic E-state index is 11.4. The van der Waals surface area contributed by atoms with Crippen LogP contribution in [0.5, 0.6) is 5.75 Å². The number of amides is 1. The minimum atomic E-state index is -0.340. The van der Waals surface area contributed by atoms with Crippen LogP contribution in [0.25, 0.3) is 0 Å². The highest BCUT2D eigenvalue weighted by molar-refractivity contribution is 5.94. The van der Waals surface area contributed by atoms with Gasteiger partial charge in [0.2, 0.25) is 0 Å². The number of β-amino-alcohol motifs (C(OH)–C–C–N with tert-alkyl or cyclic N) is 1. The van der Waals surface area contributed by atoms with Crippen molar-refractivity contribution in [1.82, 2.24) is 10.3 Å². The lowest BCUT2D eigenvalue weighted by atomic mass is 10.2. The molecule has 1 saturated heterocycles. The molecule has 0 aliphatic carbocycles. The fourth-order valence-electron chi connectivity index (χ4n) is 2.12. The third-order valence-corrected chi connectivity index (χ3v) is 3.15. The van der Waals surface area contributed by atoms with E-state index in [1.54, 1.807) is 24.3 Å². The number of hydrogen-bond acceptors (Lipinski definition) is 5. The van der Waals surface area contributed by atoms with Crippen molar-refractivity contribution in [2.75, 3.05) is 26.2 Å². The largest absolute Gasteiger partial charge is 0.492 e. The van der Waals surface area contributed by atoms with Crippen molar-refractivity contribution in [2.45, 2.75) is 12.5 Å². The van der Waals surface area contributed by atoms with Gasteiger partial charge in [-0.05, 0) is 24.6 Å². The number of nitrogens with one attached hydrogen (secondary N) is 1. The van der Waals surface area contributed by atoms with E-state index in [0.29, 0.717) is 24.5 Å². The number of rotatable bonds is 5. The Balaban J connectivity index is 1.81. The third-order valence-electron chi connectivity index (χ3n) is 3.15. The summed E-state index contributed by atoms with van der Waals surface area (Å²) in [4.78, 5) is 13.5. The van der Waals surface area contributed by atoms with Gasteiger partial charge in [-0.2, -0.15) is 0 Å². The normalized spacial score (nSPS) is 19.4. The summed E-state index contributed by atoms with van der Waals surface area (Å²) in [5.74, 6) is 5.38. The Hall–Kier alpha value is -1.63. The molecule has 1 atom stereocenters. The number of ether oxygens (including phenoxy) is 1. The van der Waals surface area contributed by atoms with Crippen molar-refractivity contribution in [1.29, 1.82) is 0 Å². The maximum Gasteiger partial charge on any atom is 0.265 e. The van der Waals surface area contributed by atoms with Gasteiger partial charge in [-0.25, -0.2) is 5.84 Å². The predicted molar refractivity (Wildman–Crippen MR) is 70.7 cm³/mol. The summed E-state index contributed by atoms with van der Waals surface area (Å²) < 4.78 is 5.59. The van der Waals surface area contributed by atoms with E-state index < -0.39 is 0 Å². The lowest BCUT2D eigenvalue weighted by molar-refractivity contribution is 0.0953. The van der Waals surface area contributed by atoms with Crippen molar-refractivity contribution in [3.05, 3.63) is 29.8 Å². The Morgan fingerprint density at radius 2 is 2.42 bits per heavy atom. The van der Waals surface area contributed by atoms with E-state index in [-0.39, 0.29) is 12.0 Å². The summed E-state index contributed by atoms with van der Waals surface area (Å²) in [5, 5.41) is 9.40. The fourth-order valence-corrected chi connectivity index (χ4v) is 2.12. The first kappa shape index (κ1) is 13.8. The molecule has 0 spiro atoms. The molecule has 1 aliphatic rings. The SMILES string of the molecule is NNC(=O)c1cccc(OCCN2CCC(O)C2)c1. The molecular formula is C13H19N3O3. The number of aliphatic hydroxyl groups excluding tert-OH is 1. The van der Waals surface area contributed by atoms with E-state index in [0.717, 1.165) is 19.5 Å². The van der Waals surface area contributed by atoms with Gasteiger partial charge in [0.05, 0.1) is 6.10 Å². The van der Waals surface area contributed by atoms with Crippen LogP contribution in [0.15, 0.2) is 24.3 Å². The molecule has 1 fully saturated rings. The zero-order chi connectivity index (χ0) is 13.7. The quantitative estimate of drug-likeness (QED) is 0.388. The number of aliphatic hydroxyl groups is 1. The van der Waals surface area contributed by atoms with E-state index in [2.05, 4.69) is 10.3 Å². The molecule has 104 valence electrons. The van der Waals surface area contributed by atoms with Crippen molar-refractivity contribution >= 4 is 5.91 Å². The Morgan fingerprint density at radius 1 is 1.58 bits per heavy atom. The number of carbonyl (C=O) groups excluding carboxylic acids is 1. The molecule has 1 aromatic rings. The second-order valence-corrected chi connectivity index (χ2v) is 4.59. The van der Waals surface area contributed by atoms with Crippen LogP contribution < -0.4 is 16.0 Å². The minimum Gasteiger partial charge on any atom is -0.492 e. The van der Waals surface area contributed by atoms with Gasteiger partial charge >= 0.3 is 0 Å². The monoisotopic (exact) mass is 265 g/mol. The second kappa shape index (κ2) is 6.51. The zero-order valence-corrected chi connectivity index (χ0v) is 10.7. The summed E-state index contributed by atoms with van der Waals surface area (Å²) >= 11 is 0. The van der Waals surface area contributed by atoms with Crippen LogP contribution in [-0.4, -0.2) is 48.3 Å². The summed E-state index contributed by atoms with van der Waals surface area (Å²) in [5.41, 5.74) is 2.55. The Morgan fingerprint density at radius 3 is 3.11 bits per heavy atom. The number of likely N-dealkylation sites (tertiary alicyclic amines) is 1. The lowest BCUT2D eigenvalue weighted by Crippen LogP contribution is -2.30. The first-order valence-corrected chi connectivity index (χ1v) is 6.33. The highest BCUT2D eigenvalue weighted by atomic mass is 16.5. The number of hydrogen-bond donors (Lipinski definition) is 3. The van der Waals surface area contributed by atoms with Gasteiger partial charge in [0.1, 0.15) is 12.4 Å². The molecule has 0 aromatic heterocycles. The summed E-state index contributed by atoms with van der Waals surface area (Å²) in [6.45, 7) is 2.91. The van der Waals surface area contributed by atoms with Crippen LogP contribution in [0.1, 0.15) is 16.8 Å². The van der Waals surface area contributed by atoms with Gasteiger partial charge in [0.25, 0.3) is 5.91 Å². The molecule has 2 rings (SSSR count). The van der Waals surface area contributed by atoms with Crippen molar-refractivity contribution < 1.29 is 14.6 Å². The van der Waals surface area contributed by atoms with Crippen LogP contribution in [0.2, 0.25) is 0 Å². The number of hydrazine groups is 1. The molecule has 1 unspecified atom stereocenters. The lowest BCUT2D eigenvalue weighted by Gasteiger charge is -2.15. The molecule has 6 nitrogen and oxygen atoms in total. The molecule has 0 radical (unpaired) electrons. The van der Waals surface area contributed by atoms with E-state index in [1.807, 2.05) is 0 Å². The number of carbonyl (C=O) groups is 1.